The van der Waals surface area contributed by atoms with Gasteiger partial charge in [0.05, 0.1) is 12.8 Å². The smallest absolute Gasteiger partial charge is 0.265 e. The fraction of sp³-hybridized carbons (Fsp3) is 0.136. The lowest BCUT2D eigenvalue weighted by molar-refractivity contribution is -0.122. The number of carbonyl (C=O) groups is 1. The minimum absolute atomic E-state index is 0.209. The average Bonchev–Trinajstić information content (AvgIpc) is 2.70. The van der Waals surface area contributed by atoms with Crippen molar-refractivity contribution in [3.63, 3.8) is 0 Å². The van der Waals surface area contributed by atoms with E-state index in [1.807, 2.05) is 66.7 Å². The van der Waals surface area contributed by atoms with Gasteiger partial charge in [-0.15, -0.1) is 0 Å². The molecule has 0 radical (unpaired) electrons. The predicted octanol–water partition coefficient (Wildman–Crippen LogP) is 5.25. The van der Waals surface area contributed by atoms with E-state index in [0.717, 1.165) is 15.5 Å². The minimum Gasteiger partial charge on any atom is -0.497 e. The molecule has 0 saturated heterocycles. The number of rotatable bonds is 7. The topological polar surface area (TPSA) is 47.6 Å². The van der Waals surface area contributed by atoms with Crippen molar-refractivity contribution in [3.8, 4) is 11.5 Å². The van der Waals surface area contributed by atoms with Crippen LogP contribution in [0.15, 0.2) is 88.7 Å². The van der Waals surface area contributed by atoms with Crippen LogP contribution >= 0.6 is 11.8 Å². The van der Waals surface area contributed by atoms with E-state index in [0.29, 0.717) is 11.5 Å². The third kappa shape index (κ3) is 5.28. The van der Waals surface area contributed by atoms with E-state index in [9.17, 15) is 4.79 Å². The second kappa shape index (κ2) is 9.14. The van der Waals surface area contributed by atoms with Crippen LogP contribution in [0, 0.1) is 0 Å². The number of hydrogen-bond donors (Lipinski definition) is 1. The van der Waals surface area contributed by atoms with E-state index in [1.54, 1.807) is 37.9 Å². The van der Waals surface area contributed by atoms with Crippen molar-refractivity contribution in [2.45, 2.75) is 22.8 Å². The summed E-state index contributed by atoms with van der Waals surface area (Å²) in [5.74, 6) is 1.06. The molecule has 1 atom stereocenters. The summed E-state index contributed by atoms with van der Waals surface area (Å²) in [6.07, 6.45) is -0.646. The molecule has 0 aliphatic carbocycles. The Hall–Kier alpha value is -2.92. The van der Waals surface area contributed by atoms with Gasteiger partial charge < -0.3 is 14.8 Å². The number of para-hydroxylation sites is 1. The molecule has 1 amide bonds. The lowest BCUT2D eigenvalue weighted by Gasteiger charge is -2.16. The summed E-state index contributed by atoms with van der Waals surface area (Å²) < 4.78 is 10.9. The van der Waals surface area contributed by atoms with Crippen LogP contribution in [0.4, 0.5) is 5.69 Å². The molecular weight excluding hydrogens is 358 g/mol. The molecule has 3 rings (SSSR count). The Morgan fingerprint density at radius 1 is 0.926 bits per heavy atom. The van der Waals surface area contributed by atoms with Crippen LogP contribution in [0.5, 0.6) is 11.5 Å². The highest BCUT2D eigenvalue weighted by Gasteiger charge is 2.17. The van der Waals surface area contributed by atoms with E-state index in [2.05, 4.69) is 5.32 Å². The van der Waals surface area contributed by atoms with Crippen molar-refractivity contribution in [3.05, 3.63) is 78.9 Å². The van der Waals surface area contributed by atoms with Gasteiger partial charge in [-0.25, -0.2) is 0 Å². The second-order valence-corrected chi connectivity index (χ2v) is 6.95. The quantitative estimate of drug-likeness (QED) is 0.609. The van der Waals surface area contributed by atoms with Crippen molar-refractivity contribution < 1.29 is 14.3 Å². The predicted molar refractivity (Wildman–Crippen MR) is 109 cm³/mol. The monoisotopic (exact) mass is 379 g/mol. The molecule has 0 unspecified atom stereocenters. The average molecular weight is 379 g/mol. The molecule has 138 valence electrons. The molecule has 4 nitrogen and oxygen atoms in total. The Kier molecular flexibility index (Phi) is 6.39. The Balaban J connectivity index is 1.68. The molecule has 0 spiro atoms. The first-order valence-corrected chi connectivity index (χ1v) is 9.41. The lowest BCUT2D eigenvalue weighted by atomic mass is 10.3. The number of anilines is 1. The van der Waals surface area contributed by atoms with Crippen LogP contribution in [0.3, 0.4) is 0 Å². The van der Waals surface area contributed by atoms with Gasteiger partial charge >= 0.3 is 0 Å². The van der Waals surface area contributed by atoms with Crippen molar-refractivity contribution >= 4 is 23.4 Å². The number of methoxy groups -OCH3 is 1. The van der Waals surface area contributed by atoms with Gasteiger partial charge in [0, 0.05) is 15.9 Å². The zero-order valence-corrected chi connectivity index (χ0v) is 16.0. The van der Waals surface area contributed by atoms with Gasteiger partial charge in [0.15, 0.2) is 6.10 Å². The summed E-state index contributed by atoms with van der Waals surface area (Å²) in [6.45, 7) is 1.72. The van der Waals surface area contributed by atoms with E-state index in [-0.39, 0.29) is 5.91 Å². The molecule has 0 saturated carbocycles. The van der Waals surface area contributed by atoms with Crippen LogP contribution in [-0.2, 0) is 4.79 Å². The highest BCUT2D eigenvalue weighted by atomic mass is 32.2. The Morgan fingerprint density at radius 3 is 2.41 bits per heavy atom. The largest absolute Gasteiger partial charge is 0.497 e. The second-order valence-electron chi connectivity index (χ2n) is 5.84. The standard InChI is InChI=1S/C22H21NO3S/c1-16(26-18-10-8-9-17(15-18)25-2)22(24)23-20-13-6-7-14-21(20)27-19-11-4-3-5-12-19/h3-16H,1-2H3,(H,23,24)/t16-/m1/s1. The third-order valence-corrected chi connectivity index (χ3v) is 4.92. The molecule has 1 N–H and O–H groups in total. The fourth-order valence-corrected chi connectivity index (χ4v) is 3.36. The molecular formula is C22H21NO3S. The molecule has 0 bridgehead atoms. The molecule has 0 aliphatic rings. The van der Waals surface area contributed by atoms with Gasteiger partial charge in [0.2, 0.25) is 0 Å². The zero-order valence-electron chi connectivity index (χ0n) is 15.2. The summed E-state index contributed by atoms with van der Waals surface area (Å²) in [6, 6.07) is 25.0. The molecule has 27 heavy (non-hydrogen) atoms. The maximum Gasteiger partial charge on any atom is 0.265 e. The summed E-state index contributed by atoms with van der Waals surface area (Å²) in [5, 5.41) is 2.96. The SMILES string of the molecule is COc1cccc(O[C@H](C)C(=O)Nc2ccccc2Sc2ccccc2)c1. The summed E-state index contributed by atoms with van der Waals surface area (Å²) >= 11 is 1.60. The summed E-state index contributed by atoms with van der Waals surface area (Å²) in [4.78, 5) is 14.7. The normalized spacial score (nSPS) is 11.5. The van der Waals surface area contributed by atoms with Crippen molar-refractivity contribution in [2.24, 2.45) is 0 Å². The molecule has 5 heteroatoms. The van der Waals surface area contributed by atoms with Gasteiger partial charge in [-0.1, -0.05) is 48.2 Å². The highest BCUT2D eigenvalue weighted by Crippen LogP contribution is 2.33. The minimum atomic E-state index is -0.646. The van der Waals surface area contributed by atoms with Gasteiger partial charge in [0.1, 0.15) is 11.5 Å². The molecule has 3 aromatic carbocycles. The molecule has 0 fully saturated rings. The van der Waals surface area contributed by atoms with Crippen molar-refractivity contribution in [1.29, 1.82) is 0 Å². The summed E-state index contributed by atoms with van der Waals surface area (Å²) in [5.41, 5.74) is 0.762. The number of nitrogens with one attached hydrogen (secondary N) is 1. The first kappa shape index (κ1) is 18.9. The van der Waals surface area contributed by atoms with Gasteiger partial charge in [-0.05, 0) is 43.3 Å². The molecule has 0 aromatic heterocycles. The first-order chi connectivity index (χ1) is 13.2. The molecule has 0 aliphatic heterocycles. The number of amides is 1. The van der Waals surface area contributed by atoms with Crippen LogP contribution in [0.1, 0.15) is 6.92 Å². The Bertz CT molecular complexity index is 899. The number of benzene rings is 3. The maximum absolute atomic E-state index is 12.6. The zero-order chi connectivity index (χ0) is 19.1. The Labute approximate surface area is 163 Å². The van der Waals surface area contributed by atoms with Crippen molar-refractivity contribution in [2.75, 3.05) is 12.4 Å². The number of hydrogen-bond acceptors (Lipinski definition) is 4. The Morgan fingerprint density at radius 2 is 1.63 bits per heavy atom. The highest BCUT2D eigenvalue weighted by molar-refractivity contribution is 7.99. The molecule has 0 heterocycles. The van der Waals surface area contributed by atoms with E-state index in [4.69, 9.17) is 9.47 Å². The lowest BCUT2D eigenvalue weighted by Crippen LogP contribution is -2.30. The number of carbonyl (C=O) groups excluding carboxylic acids is 1. The number of ether oxygens (including phenoxy) is 2. The van der Waals surface area contributed by atoms with Crippen LogP contribution < -0.4 is 14.8 Å². The van der Waals surface area contributed by atoms with E-state index in [1.165, 1.54) is 0 Å². The van der Waals surface area contributed by atoms with Gasteiger partial charge in [-0.2, -0.15) is 0 Å². The maximum atomic E-state index is 12.6. The van der Waals surface area contributed by atoms with E-state index >= 15 is 0 Å². The van der Waals surface area contributed by atoms with Crippen molar-refractivity contribution in [1.82, 2.24) is 0 Å². The fourth-order valence-electron chi connectivity index (χ4n) is 2.44. The first-order valence-electron chi connectivity index (χ1n) is 8.59. The van der Waals surface area contributed by atoms with Crippen LogP contribution in [-0.4, -0.2) is 19.1 Å². The third-order valence-electron chi connectivity index (χ3n) is 3.84. The van der Waals surface area contributed by atoms with Gasteiger partial charge in [0.25, 0.3) is 5.91 Å². The summed E-state index contributed by atoms with van der Waals surface area (Å²) in [7, 11) is 1.59. The van der Waals surface area contributed by atoms with Crippen LogP contribution in [0.25, 0.3) is 0 Å². The molecule has 3 aromatic rings. The van der Waals surface area contributed by atoms with Gasteiger partial charge in [-0.3, -0.25) is 4.79 Å². The van der Waals surface area contributed by atoms with E-state index < -0.39 is 6.10 Å². The van der Waals surface area contributed by atoms with Crippen LogP contribution in [0.2, 0.25) is 0 Å².